The average molecular weight is 287 g/mol. The standard InChI is InChI=1S/C11H17N3O4S/c1-7(12)11(15)13-8-4-5-9(10(6-8)18-2)14-19(3,16)17/h4-7,14H,12H2,1-3H3,(H,13,15). The molecule has 0 radical (unpaired) electrons. The lowest BCUT2D eigenvalue weighted by molar-refractivity contribution is -0.117. The molecule has 0 heterocycles. The number of nitrogens with one attached hydrogen (secondary N) is 2. The van der Waals surface area contributed by atoms with E-state index in [1.807, 2.05) is 0 Å². The first-order chi connectivity index (χ1) is 8.73. The van der Waals surface area contributed by atoms with E-state index in [2.05, 4.69) is 10.0 Å². The Balaban J connectivity index is 2.99. The molecule has 1 rings (SSSR count). The van der Waals surface area contributed by atoms with Crippen LogP contribution in [0, 0.1) is 0 Å². The summed E-state index contributed by atoms with van der Waals surface area (Å²) in [6.07, 6.45) is 1.04. The number of rotatable bonds is 5. The fourth-order valence-corrected chi connectivity index (χ4v) is 1.88. The summed E-state index contributed by atoms with van der Waals surface area (Å²) in [5, 5.41) is 2.58. The molecular weight excluding hydrogens is 270 g/mol. The van der Waals surface area contributed by atoms with Gasteiger partial charge in [0.25, 0.3) is 0 Å². The molecule has 0 aromatic heterocycles. The second-order valence-electron chi connectivity index (χ2n) is 4.07. The van der Waals surface area contributed by atoms with Crippen LogP contribution < -0.4 is 20.5 Å². The molecule has 19 heavy (non-hydrogen) atoms. The van der Waals surface area contributed by atoms with Crippen molar-refractivity contribution in [1.29, 1.82) is 0 Å². The first kappa shape index (κ1) is 15.3. The molecule has 4 N–H and O–H groups in total. The number of ether oxygens (including phenoxy) is 1. The first-order valence-corrected chi connectivity index (χ1v) is 7.34. The van der Waals surface area contributed by atoms with Crippen LogP contribution in [0.25, 0.3) is 0 Å². The van der Waals surface area contributed by atoms with Crippen molar-refractivity contribution in [1.82, 2.24) is 0 Å². The van der Waals surface area contributed by atoms with Gasteiger partial charge in [0, 0.05) is 11.8 Å². The maximum atomic E-state index is 11.4. The lowest BCUT2D eigenvalue weighted by Gasteiger charge is -2.13. The lowest BCUT2D eigenvalue weighted by atomic mass is 10.2. The Labute approximate surface area is 112 Å². The highest BCUT2D eigenvalue weighted by Gasteiger charge is 2.12. The minimum Gasteiger partial charge on any atom is -0.494 e. The molecule has 8 heteroatoms. The highest BCUT2D eigenvalue weighted by Crippen LogP contribution is 2.28. The third kappa shape index (κ3) is 4.76. The van der Waals surface area contributed by atoms with Gasteiger partial charge >= 0.3 is 0 Å². The molecule has 1 aromatic rings. The van der Waals surface area contributed by atoms with Crippen LogP contribution in [0.5, 0.6) is 5.75 Å². The number of sulfonamides is 1. The maximum Gasteiger partial charge on any atom is 0.241 e. The molecule has 1 unspecified atom stereocenters. The summed E-state index contributed by atoms with van der Waals surface area (Å²) in [6.45, 7) is 1.56. The predicted octanol–water partition coefficient (Wildman–Crippen LogP) is 0.352. The van der Waals surface area contributed by atoms with Crippen molar-refractivity contribution in [2.45, 2.75) is 13.0 Å². The van der Waals surface area contributed by atoms with Crippen molar-refractivity contribution in [2.24, 2.45) is 5.73 Å². The van der Waals surface area contributed by atoms with Crippen molar-refractivity contribution in [2.75, 3.05) is 23.4 Å². The minimum absolute atomic E-state index is 0.295. The van der Waals surface area contributed by atoms with Gasteiger partial charge in [0.2, 0.25) is 15.9 Å². The van der Waals surface area contributed by atoms with E-state index in [0.717, 1.165) is 6.26 Å². The van der Waals surface area contributed by atoms with Crippen LogP contribution in [0.4, 0.5) is 11.4 Å². The smallest absolute Gasteiger partial charge is 0.241 e. The maximum absolute atomic E-state index is 11.4. The van der Waals surface area contributed by atoms with Gasteiger partial charge in [0.15, 0.2) is 0 Å². The molecule has 0 spiro atoms. The van der Waals surface area contributed by atoms with Gasteiger partial charge in [-0.3, -0.25) is 9.52 Å². The zero-order valence-corrected chi connectivity index (χ0v) is 11.7. The largest absolute Gasteiger partial charge is 0.494 e. The number of nitrogens with two attached hydrogens (primary N) is 1. The zero-order chi connectivity index (χ0) is 14.6. The van der Waals surface area contributed by atoms with Gasteiger partial charge in [-0.1, -0.05) is 0 Å². The first-order valence-electron chi connectivity index (χ1n) is 5.45. The van der Waals surface area contributed by atoms with Crippen LogP contribution >= 0.6 is 0 Å². The Morgan fingerprint density at radius 3 is 2.53 bits per heavy atom. The van der Waals surface area contributed by atoms with Crippen LogP contribution in [-0.2, 0) is 14.8 Å². The molecule has 1 atom stereocenters. The van der Waals surface area contributed by atoms with E-state index in [9.17, 15) is 13.2 Å². The summed E-state index contributed by atoms with van der Waals surface area (Å²) >= 11 is 0. The van der Waals surface area contributed by atoms with E-state index in [-0.39, 0.29) is 5.91 Å². The Morgan fingerprint density at radius 2 is 2.05 bits per heavy atom. The Hall–Kier alpha value is -1.80. The topological polar surface area (TPSA) is 111 Å². The van der Waals surface area contributed by atoms with Crippen molar-refractivity contribution < 1.29 is 17.9 Å². The fourth-order valence-electron chi connectivity index (χ4n) is 1.31. The zero-order valence-electron chi connectivity index (χ0n) is 10.9. The summed E-state index contributed by atoms with van der Waals surface area (Å²) in [5.74, 6) is -0.0428. The second kappa shape index (κ2) is 5.89. The van der Waals surface area contributed by atoms with Gasteiger partial charge in [0.1, 0.15) is 5.75 Å². The van der Waals surface area contributed by atoms with E-state index in [1.54, 1.807) is 13.0 Å². The van der Waals surface area contributed by atoms with Crippen LogP contribution in [0.2, 0.25) is 0 Å². The van der Waals surface area contributed by atoms with Crippen molar-refractivity contribution in [3.05, 3.63) is 18.2 Å². The van der Waals surface area contributed by atoms with Gasteiger partial charge in [-0.2, -0.15) is 0 Å². The quantitative estimate of drug-likeness (QED) is 0.724. The van der Waals surface area contributed by atoms with Gasteiger partial charge in [-0.05, 0) is 19.1 Å². The number of hydrogen-bond donors (Lipinski definition) is 3. The van der Waals surface area contributed by atoms with Crippen molar-refractivity contribution in [3.8, 4) is 5.75 Å². The molecule has 7 nitrogen and oxygen atoms in total. The van der Waals surface area contributed by atoms with Gasteiger partial charge < -0.3 is 15.8 Å². The Kier molecular flexibility index (Phi) is 4.73. The second-order valence-corrected chi connectivity index (χ2v) is 5.82. The predicted molar refractivity (Wildman–Crippen MR) is 73.7 cm³/mol. The molecule has 106 valence electrons. The number of amides is 1. The summed E-state index contributed by atoms with van der Waals surface area (Å²) in [4.78, 5) is 11.4. The molecule has 0 aliphatic carbocycles. The highest BCUT2D eigenvalue weighted by atomic mass is 32.2. The third-order valence-electron chi connectivity index (χ3n) is 2.18. The number of carbonyl (C=O) groups is 1. The molecule has 0 saturated heterocycles. The van der Waals surface area contributed by atoms with Gasteiger partial charge in [-0.25, -0.2) is 8.42 Å². The van der Waals surface area contributed by atoms with Crippen molar-refractivity contribution >= 4 is 27.3 Å². The highest BCUT2D eigenvalue weighted by molar-refractivity contribution is 7.92. The molecular formula is C11H17N3O4S. The van der Waals surface area contributed by atoms with Crippen LogP contribution in [-0.4, -0.2) is 33.7 Å². The summed E-state index contributed by atoms with van der Waals surface area (Å²) < 4.78 is 29.7. The van der Waals surface area contributed by atoms with E-state index in [4.69, 9.17) is 10.5 Å². The summed E-state index contributed by atoms with van der Waals surface area (Å²) in [5.41, 5.74) is 6.20. The third-order valence-corrected chi connectivity index (χ3v) is 2.77. The average Bonchev–Trinajstić information content (AvgIpc) is 2.29. The SMILES string of the molecule is COc1cc(NC(=O)C(C)N)ccc1NS(C)(=O)=O. The number of benzene rings is 1. The number of carbonyl (C=O) groups excluding carboxylic acids is 1. The number of anilines is 2. The normalized spacial score (nSPS) is 12.6. The molecule has 0 fully saturated rings. The van der Waals surface area contributed by atoms with E-state index in [1.165, 1.54) is 19.2 Å². The molecule has 1 amide bonds. The van der Waals surface area contributed by atoms with E-state index in [0.29, 0.717) is 17.1 Å². The minimum atomic E-state index is -3.40. The number of methoxy groups -OCH3 is 1. The van der Waals surface area contributed by atoms with E-state index < -0.39 is 16.1 Å². The summed E-state index contributed by atoms with van der Waals surface area (Å²) in [7, 11) is -1.99. The van der Waals surface area contributed by atoms with Crippen molar-refractivity contribution in [3.63, 3.8) is 0 Å². The number of hydrogen-bond acceptors (Lipinski definition) is 5. The Morgan fingerprint density at radius 1 is 1.42 bits per heavy atom. The van der Waals surface area contributed by atoms with Gasteiger partial charge in [-0.15, -0.1) is 0 Å². The monoisotopic (exact) mass is 287 g/mol. The van der Waals surface area contributed by atoms with Crippen LogP contribution in [0.1, 0.15) is 6.92 Å². The molecule has 0 aliphatic heterocycles. The van der Waals surface area contributed by atoms with E-state index >= 15 is 0 Å². The van der Waals surface area contributed by atoms with Gasteiger partial charge in [0.05, 0.1) is 25.1 Å². The molecule has 0 aliphatic rings. The van der Waals surface area contributed by atoms with Crippen LogP contribution in [0.3, 0.4) is 0 Å². The summed E-state index contributed by atoms with van der Waals surface area (Å²) in [6, 6.07) is 3.92. The van der Waals surface area contributed by atoms with Crippen LogP contribution in [0.15, 0.2) is 18.2 Å². The molecule has 1 aromatic carbocycles. The lowest BCUT2D eigenvalue weighted by Crippen LogP contribution is -2.32. The molecule has 0 saturated carbocycles. The fraction of sp³-hybridized carbons (Fsp3) is 0.364. The Bertz CT molecular complexity index is 569. The molecule has 0 bridgehead atoms.